The number of aromatic nitrogens is 2. The smallest absolute Gasteiger partial charge is 0.465 e. The Bertz CT molecular complexity index is 1990. The van der Waals surface area contributed by atoms with Gasteiger partial charge in [-0.1, -0.05) is 0 Å². The highest BCUT2D eigenvalue weighted by Gasteiger charge is 2.65. The summed E-state index contributed by atoms with van der Waals surface area (Å²) in [4.78, 5) is 53.3. The molecule has 16 N–H and O–H groups in total. The number of nitrogens with zero attached hydrogens (tertiary/aromatic N) is 2. The van der Waals surface area contributed by atoms with Crippen molar-refractivity contribution in [1.82, 2.24) is 14.9 Å². The number of ether oxygens (including phenoxy) is 7. The Morgan fingerprint density at radius 2 is 1.57 bits per heavy atom. The summed E-state index contributed by atoms with van der Waals surface area (Å²) in [6.07, 6.45) is -30.1. The number of aliphatic hydroxyl groups excluding tert-OH is 12. The number of hydrogen-bond acceptors (Lipinski definition) is 29. The fourth-order valence-electron chi connectivity index (χ4n) is 7.98. The van der Waals surface area contributed by atoms with Gasteiger partial charge in [0.1, 0.15) is 85.2 Å². The van der Waals surface area contributed by atoms with Crippen LogP contribution in [0.15, 0.2) is 17.1 Å². The second kappa shape index (κ2) is 25.3. The van der Waals surface area contributed by atoms with E-state index >= 15 is 0 Å². The molecule has 4 fully saturated rings. The Labute approximate surface area is 406 Å². The summed E-state index contributed by atoms with van der Waals surface area (Å²) in [6, 6.07) is -0.541. The average Bonchev–Trinajstić information content (AvgIpc) is 3.60. The summed E-state index contributed by atoms with van der Waals surface area (Å²) >= 11 is 1.77. The van der Waals surface area contributed by atoms with Crippen LogP contribution in [-0.2, 0) is 56.4 Å². The standard InChI is InChI=1S/C37H61N4O26PS2/c1-13(44)39-19-23(49)31(70-8-4-7-69-12-17-22(48)24(50)27(53)34(64-17)65-29-15(10-43)63-33(59-2)28(54)25(29)51)37(35(55)60-3,66-30(19)20(46)14(45)9-42)67-68(57,58)61-11-16-21(47)26(52)32(62-16)41-6-5-18(38)40-36(41)56/h5-6,14-17,19-34,42-43,45-54H,4,7-12H2,1-3H3,(H,39,44)(H,57,58)(H2,38,40,56)/t14-,15-,16-,17-,19-,20-,21-,22+,23-,24+,25-,26-,27-,28-,29+,30-,31-,32-,33-,34+,37-/m1/s1. The van der Waals surface area contributed by atoms with Gasteiger partial charge < -0.3 is 110 Å². The van der Waals surface area contributed by atoms with Crippen molar-refractivity contribution in [1.29, 1.82) is 0 Å². The summed E-state index contributed by atoms with van der Waals surface area (Å²) in [6.45, 7) is -1.93. The molecule has 0 spiro atoms. The maximum atomic E-state index is 13.9. The topological polar surface area (TPSA) is 470 Å². The number of carbonyl (C=O) groups excluding carboxylic acids is 2. The van der Waals surface area contributed by atoms with Gasteiger partial charge in [-0.25, -0.2) is 18.7 Å². The minimum absolute atomic E-state index is 0.0887. The Morgan fingerprint density at radius 1 is 0.914 bits per heavy atom. The van der Waals surface area contributed by atoms with E-state index in [0.717, 1.165) is 36.6 Å². The monoisotopic (exact) mass is 1070 g/mol. The van der Waals surface area contributed by atoms with Crippen LogP contribution in [0.2, 0.25) is 0 Å². The Kier molecular flexibility index (Phi) is 21.2. The van der Waals surface area contributed by atoms with E-state index in [0.29, 0.717) is 11.8 Å². The van der Waals surface area contributed by atoms with Gasteiger partial charge in [0.2, 0.25) is 5.91 Å². The number of rotatable bonds is 22. The Hall–Kier alpha value is -2.29. The van der Waals surface area contributed by atoms with E-state index in [4.69, 9.17) is 47.9 Å². The molecule has 0 aliphatic carbocycles. The van der Waals surface area contributed by atoms with Gasteiger partial charge in [-0.15, -0.1) is 11.8 Å². The predicted octanol–water partition coefficient (Wildman–Crippen LogP) is -8.07. The van der Waals surface area contributed by atoms with E-state index in [-0.39, 0.29) is 29.5 Å². The molecule has 0 aromatic carbocycles. The van der Waals surface area contributed by atoms with Gasteiger partial charge in [0, 0.05) is 26.0 Å². The summed E-state index contributed by atoms with van der Waals surface area (Å²) in [7, 11) is -3.78. The van der Waals surface area contributed by atoms with Crippen molar-refractivity contribution in [3.63, 3.8) is 0 Å². The number of esters is 1. The van der Waals surface area contributed by atoms with Crippen LogP contribution in [0.4, 0.5) is 5.82 Å². The molecule has 4 aliphatic heterocycles. The third-order valence-electron chi connectivity index (χ3n) is 11.6. The molecule has 4 aliphatic rings. The maximum Gasteiger partial charge on any atom is 0.475 e. The highest BCUT2D eigenvalue weighted by Crippen LogP contribution is 2.54. The van der Waals surface area contributed by atoms with E-state index in [2.05, 4.69) is 10.3 Å². The molecule has 0 bridgehead atoms. The Balaban J connectivity index is 1.31. The molecule has 402 valence electrons. The van der Waals surface area contributed by atoms with Crippen molar-refractivity contribution in [3.8, 4) is 0 Å². The first-order valence-electron chi connectivity index (χ1n) is 21.4. The largest absolute Gasteiger partial charge is 0.475 e. The third-order valence-corrected chi connectivity index (χ3v) is 15.2. The van der Waals surface area contributed by atoms with Gasteiger partial charge in [0.15, 0.2) is 18.8 Å². The third kappa shape index (κ3) is 13.1. The SMILES string of the molecule is COC(=O)[C@@]1(OP(=O)(O)OC[C@H]2O[C@@H](n3ccc(N)nc3=O)[C@H](O)[C@@H]2O)O[C@@H]([C@H](O)[C@H](O)CO)[C@H](NC(C)=O)[C@@H](O)[C@H]1SCCCSC[C@H]1O[C@@H](O[C@@H]2[C@H](O)[C@@H](O)[C@H](OC)O[C@@H]2CO)[C@H](O)[C@@H](O)[C@H]1O. The van der Waals surface area contributed by atoms with Crippen molar-refractivity contribution < 1.29 is 123 Å². The van der Waals surface area contributed by atoms with Gasteiger partial charge >= 0.3 is 19.5 Å². The minimum Gasteiger partial charge on any atom is -0.465 e. The van der Waals surface area contributed by atoms with Crippen molar-refractivity contribution >= 4 is 49.0 Å². The van der Waals surface area contributed by atoms with Crippen molar-refractivity contribution in [2.24, 2.45) is 0 Å². The minimum atomic E-state index is -5.76. The lowest BCUT2D eigenvalue weighted by atomic mass is 9.88. The highest BCUT2D eigenvalue weighted by atomic mass is 32.2. The zero-order chi connectivity index (χ0) is 52.0. The molecule has 0 radical (unpaired) electrons. The molecular weight excluding hydrogens is 1010 g/mol. The number of phosphoric acid groups is 1. The number of aliphatic hydroxyl groups is 12. The average molecular weight is 1070 g/mol. The first kappa shape index (κ1) is 58.6. The van der Waals surface area contributed by atoms with E-state index < -0.39 is 173 Å². The molecule has 30 nitrogen and oxygen atoms in total. The van der Waals surface area contributed by atoms with Gasteiger partial charge in [0.25, 0.3) is 5.79 Å². The van der Waals surface area contributed by atoms with Crippen molar-refractivity contribution in [2.75, 3.05) is 57.0 Å². The zero-order valence-corrected chi connectivity index (χ0v) is 40.0. The van der Waals surface area contributed by atoms with Crippen LogP contribution in [0, 0.1) is 0 Å². The molecule has 22 atom stereocenters. The summed E-state index contributed by atoms with van der Waals surface area (Å²) < 4.78 is 63.2. The second-order valence-electron chi connectivity index (χ2n) is 16.4. The lowest BCUT2D eigenvalue weighted by Gasteiger charge is -2.50. The fourth-order valence-corrected chi connectivity index (χ4v) is 11.6. The Morgan fingerprint density at radius 3 is 2.19 bits per heavy atom. The van der Waals surface area contributed by atoms with E-state index in [1.54, 1.807) is 0 Å². The predicted molar refractivity (Wildman–Crippen MR) is 233 cm³/mol. The first-order chi connectivity index (χ1) is 33.0. The summed E-state index contributed by atoms with van der Waals surface area (Å²) in [5.74, 6) is -5.91. The molecule has 70 heavy (non-hydrogen) atoms. The number of phosphoric ester groups is 1. The van der Waals surface area contributed by atoms with Gasteiger partial charge in [0.05, 0.1) is 50.4 Å². The molecule has 1 aromatic rings. The first-order valence-corrected chi connectivity index (χ1v) is 25.1. The molecule has 1 unspecified atom stereocenters. The summed E-state index contributed by atoms with van der Waals surface area (Å²) in [5.41, 5.74) is 4.53. The number of nitrogens with one attached hydrogen (secondary N) is 1. The van der Waals surface area contributed by atoms with E-state index in [1.807, 2.05) is 0 Å². The maximum absolute atomic E-state index is 13.9. The molecule has 1 amide bonds. The number of anilines is 1. The zero-order valence-electron chi connectivity index (χ0n) is 37.5. The molecule has 5 heterocycles. The molecular formula is C37H61N4O26PS2. The lowest BCUT2D eigenvalue weighted by Crippen LogP contribution is -2.73. The number of carbonyl (C=O) groups is 2. The fraction of sp³-hybridized carbons (Fsp3) is 0.838. The van der Waals surface area contributed by atoms with E-state index in [9.17, 15) is 85.1 Å². The normalized spacial score (nSPS) is 39.7. The number of nitrogens with two attached hydrogens (primary N) is 1. The van der Waals surface area contributed by atoms with Crippen molar-refractivity contribution in [2.45, 2.75) is 141 Å². The molecule has 33 heteroatoms. The molecule has 5 rings (SSSR count). The van der Waals surface area contributed by atoms with Crippen LogP contribution in [0.5, 0.6) is 0 Å². The number of hydrogen-bond donors (Lipinski definition) is 15. The summed E-state index contributed by atoms with van der Waals surface area (Å²) in [5, 5.41) is 128. The van der Waals surface area contributed by atoms with Crippen LogP contribution in [0.3, 0.4) is 0 Å². The van der Waals surface area contributed by atoms with Crippen LogP contribution in [0.1, 0.15) is 19.6 Å². The van der Waals surface area contributed by atoms with E-state index in [1.165, 1.54) is 13.2 Å². The van der Waals surface area contributed by atoms with Crippen LogP contribution >= 0.6 is 31.3 Å². The van der Waals surface area contributed by atoms with Crippen LogP contribution in [0.25, 0.3) is 0 Å². The van der Waals surface area contributed by atoms with Gasteiger partial charge in [-0.2, -0.15) is 16.7 Å². The van der Waals surface area contributed by atoms with Gasteiger partial charge in [-0.05, 0) is 24.0 Å². The molecule has 4 saturated heterocycles. The quantitative estimate of drug-likeness (QED) is 0.0291. The van der Waals surface area contributed by atoms with Crippen molar-refractivity contribution in [3.05, 3.63) is 22.7 Å². The van der Waals surface area contributed by atoms with Gasteiger partial charge in [-0.3, -0.25) is 13.9 Å². The molecule has 1 aromatic heterocycles. The lowest BCUT2D eigenvalue weighted by molar-refractivity contribution is -0.353. The van der Waals surface area contributed by atoms with Crippen LogP contribution < -0.4 is 16.7 Å². The second-order valence-corrected chi connectivity index (χ2v) is 20.2. The number of methoxy groups -OCH3 is 2. The molecule has 0 saturated carbocycles. The highest BCUT2D eigenvalue weighted by molar-refractivity contribution is 8.00. The number of thioether (sulfide) groups is 2. The van der Waals surface area contributed by atoms with Crippen LogP contribution in [-0.4, -0.2) is 260 Å². The number of amides is 1. The number of nitrogen functional groups attached to an aromatic ring is 1.